The van der Waals surface area contributed by atoms with E-state index in [0.717, 1.165) is 6.42 Å². The van der Waals surface area contributed by atoms with Crippen LogP contribution >= 0.6 is 0 Å². The summed E-state index contributed by atoms with van der Waals surface area (Å²) in [6.07, 6.45) is 7.26. The fraction of sp³-hybridized carbons (Fsp3) is 0.238. The number of rotatable bonds is 4. The van der Waals surface area contributed by atoms with Gasteiger partial charge in [0.25, 0.3) is 0 Å². The van der Waals surface area contributed by atoms with Gasteiger partial charge in [-0.3, -0.25) is 0 Å². The Morgan fingerprint density at radius 1 is 1.22 bits per heavy atom. The average molecular weight is 305 g/mol. The van der Waals surface area contributed by atoms with Crippen LogP contribution < -0.4 is 4.90 Å². The first-order valence-corrected chi connectivity index (χ1v) is 7.97. The van der Waals surface area contributed by atoms with Crippen molar-refractivity contribution in [3.05, 3.63) is 78.4 Å². The number of aromatic hydroxyl groups is 1. The first kappa shape index (κ1) is 15.4. The molecule has 2 atom stereocenters. The molecular weight excluding hydrogens is 282 g/mol. The highest BCUT2D eigenvalue weighted by atomic mass is 16.3. The van der Waals surface area contributed by atoms with E-state index >= 15 is 0 Å². The number of fused-ring (bicyclic) bond motifs is 1. The summed E-state index contributed by atoms with van der Waals surface area (Å²) in [4.78, 5) is 2.29. The number of likely N-dealkylation sites (N-methyl/N-ethyl adjacent to an activating group) is 1. The highest BCUT2D eigenvalue weighted by Gasteiger charge is 2.44. The summed E-state index contributed by atoms with van der Waals surface area (Å²) < 4.78 is 0. The van der Waals surface area contributed by atoms with Gasteiger partial charge in [-0.1, -0.05) is 55.5 Å². The molecule has 118 valence electrons. The number of anilines is 1. The fourth-order valence-electron chi connectivity index (χ4n) is 3.66. The summed E-state index contributed by atoms with van der Waals surface area (Å²) in [5.41, 5.74) is 3.45. The van der Waals surface area contributed by atoms with E-state index in [1.165, 1.54) is 16.8 Å². The van der Waals surface area contributed by atoms with Crippen LogP contribution in [0.4, 0.5) is 5.69 Å². The molecule has 23 heavy (non-hydrogen) atoms. The summed E-state index contributed by atoms with van der Waals surface area (Å²) in [6, 6.07) is 16.2. The molecule has 0 radical (unpaired) electrons. The summed E-state index contributed by atoms with van der Waals surface area (Å²) in [5, 5.41) is 9.91. The predicted molar refractivity (Wildman–Crippen MR) is 97.9 cm³/mol. The molecule has 2 nitrogen and oxygen atoms in total. The number of phenolic OH excluding ortho intramolecular Hbond substituents is 1. The molecule has 3 rings (SSSR count). The maximum atomic E-state index is 9.91. The van der Waals surface area contributed by atoms with E-state index in [4.69, 9.17) is 0 Å². The minimum atomic E-state index is -0.101. The zero-order valence-electron chi connectivity index (χ0n) is 13.7. The molecule has 0 amide bonds. The van der Waals surface area contributed by atoms with Crippen molar-refractivity contribution in [2.24, 2.45) is 0 Å². The normalized spacial score (nSPS) is 23.2. The smallest absolute Gasteiger partial charge is 0.116 e. The number of benzene rings is 2. The minimum Gasteiger partial charge on any atom is -0.508 e. The third-order valence-corrected chi connectivity index (χ3v) is 4.88. The van der Waals surface area contributed by atoms with Crippen molar-refractivity contribution < 1.29 is 5.11 Å². The molecule has 0 saturated carbocycles. The molecule has 0 spiro atoms. The van der Waals surface area contributed by atoms with E-state index in [1.807, 2.05) is 36.4 Å². The topological polar surface area (TPSA) is 23.5 Å². The molecule has 0 aromatic heterocycles. The standard InChI is InChI=1S/C21H23NO/c1-4-14-21(2)18-15-17(23)11-12-19(18)22(3)20(21)13-10-16-8-6-5-7-9-16/h4-13,15,20,23H,1,14H2,2-3H3/b13-10+. The molecule has 0 bridgehead atoms. The highest BCUT2D eigenvalue weighted by molar-refractivity contribution is 5.68. The van der Waals surface area contributed by atoms with Gasteiger partial charge in [0.2, 0.25) is 0 Å². The highest BCUT2D eigenvalue weighted by Crippen LogP contribution is 2.48. The molecule has 2 aromatic carbocycles. The van der Waals surface area contributed by atoms with E-state index in [9.17, 15) is 5.11 Å². The zero-order chi connectivity index (χ0) is 16.4. The maximum Gasteiger partial charge on any atom is 0.116 e. The van der Waals surface area contributed by atoms with Crippen molar-refractivity contribution >= 4 is 11.8 Å². The number of phenols is 1. The maximum absolute atomic E-state index is 9.91. The van der Waals surface area contributed by atoms with Crippen molar-refractivity contribution in [2.45, 2.75) is 24.8 Å². The van der Waals surface area contributed by atoms with Gasteiger partial charge in [0.1, 0.15) is 5.75 Å². The molecule has 1 aliphatic heterocycles. The van der Waals surface area contributed by atoms with Crippen molar-refractivity contribution in [3.8, 4) is 5.75 Å². The third-order valence-electron chi connectivity index (χ3n) is 4.88. The van der Waals surface area contributed by atoms with Gasteiger partial charge in [-0.2, -0.15) is 0 Å². The van der Waals surface area contributed by atoms with Crippen LogP contribution in [-0.2, 0) is 5.41 Å². The third kappa shape index (κ3) is 2.65. The number of hydrogen-bond acceptors (Lipinski definition) is 2. The molecule has 2 heteroatoms. The Morgan fingerprint density at radius 2 is 1.96 bits per heavy atom. The second kappa shape index (κ2) is 5.96. The Hall–Kier alpha value is -2.48. The van der Waals surface area contributed by atoms with Crippen molar-refractivity contribution in [1.29, 1.82) is 0 Å². The summed E-state index contributed by atoms with van der Waals surface area (Å²) in [6.45, 7) is 6.18. The molecule has 1 aliphatic rings. The monoisotopic (exact) mass is 305 g/mol. The second-order valence-corrected chi connectivity index (χ2v) is 6.44. The molecule has 2 aromatic rings. The summed E-state index contributed by atoms with van der Waals surface area (Å²) in [7, 11) is 2.12. The van der Waals surface area contributed by atoms with Gasteiger partial charge in [0.15, 0.2) is 0 Å². The van der Waals surface area contributed by atoms with Crippen molar-refractivity contribution in [1.82, 2.24) is 0 Å². The van der Waals surface area contributed by atoms with Crippen LogP contribution in [0, 0.1) is 0 Å². The quantitative estimate of drug-likeness (QED) is 0.823. The predicted octanol–water partition coefficient (Wildman–Crippen LogP) is 4.76. The molecule has 0 aliphatic carbocycles. The van der Waals surface area contributed by atoms with Crippen LogP contribution in [0.3, 0.4) is 0 Å². The number of nitrogens with zero attached hydrogens (tertiary/aromatic N) is 1. The van der Waals surface area contributed by atoms with Crippen LogP contribution in [0.2, 0.25) is 0 Å². The Kier molecular flexibility index (Phi) is 3.99. The lowest BCUT2D eigenvalue weighted by molar-refractivity contribution is 0.441. The van der Waals surface area contributed by atoms with Gasteiger partial charge in [-0.05, 0) is 35.7 Å². The van der Waals surface area contributed by atoms with Gasteiger partial charge in [-0.15, -0.1) is 6.58 Å². The van der Waals surface area contributed by atoms with Gasteiger partial charge in [-0.25, -0.2) is 0 Å². The SMILES string of the molecule is C=CCC1(C)c2cc(O)ccc2N(C)C1/C=C/c1ccccc1. The molecule has 2 unspecified atom stereocenters. The Balaban J connectivity index is 2.02. The fourth-order valence-corrected chi connectivity index (χ4v) is 3.66. The number of allylic oxidation sites excluding steroid dienone is 1. The van der Waals surface area contributed by atoms with Gasteiger partial charge >= 0.3 is 0 Å². The average Bonchev–Trinajstić information content (AvgIpc) is 2.75. The lowest BCUT2D eigenvalue weighted by Gasteiger charge is -2.32. The second-order valence-electron chi connectivity index (χ2n) is 6.44. The van der Waals surface area contributed by atoms with Crippen LogP contribution in [0.15, 0.2) is 67.3 Å². The van der Waals surface area contributed by atoms with E-state index < -0.39 is 0 Å². The Labute approximate surface area is 138 Å². The molecule has 1 N–H and O–H groups in total. The molecule has 1 heterocycles. The Morgan fingerprint density at radius 3 is 2.65 bits per heavy atom. The molecular formula is C21H23NO. The van der Waals surface area contributed by atoms with Crippen molar-refractivity contribution in [2.75, 3.05) is 11.9 Å². The van der Waals surface area contributed by atoms with E-state index in [0.29, 0.717) is 5.75 Å². The van der Waals surface area contributed by atoms with E-state index in [2.05, 4.69) is 49.7 Å². The van der Waals surface area contributed by atoms with Gasteiger partial charge < -0.3 is 10.0 Å². The molecule has 0 fully saturated rings. The van der Waals surface area contributed by atoms with Crippen LogP contribution in [0.25, 0.3) is 6.08 Å². The molecule has 0 saturated heterocycles. The number of hydrogen-bond donors (Lipinski definition) is 1. The van der Waals surface area contributed by atoms with Crippen LogP contribution in [0.1, 0.15) is 24.5 Å². The lowest BCUT2D eigenvalue weighted by atomic mass is 9.75. The largest absolute Gasteiger partial charge is 0.508 e. The lowest BCUT2D eigenvalue weighted by Crippen LogP contribution is -2.39. The van der Waals surface area contributed by atoms with Crippen LogP contribution in [-0.4, -0.2) is 18.2 Å². The van der Waals surface area contributed by atoms with Gasteiger partial charge in [0.05, 0.1) is 6.04 Å². The zero-order valence-corrected chi connectivity index (χ0v) is 13.7. The minimum absolute atomic E-state index is 0.101. The Bertz CT molecular complexity index is 735. The first-order valence-electron chi connectivity index (χ1n) is 7.97. The summed E-state index contributed by atoms with van der Waals surface area (Å²) >= 11 is 0. The first-order chi connectivity index (χ1) is 11.1. The van der Waals surface area contributed by atoms with E-state index in [-0.39, 0.29) is 11.5 Å². The van der Waals surface area contributed by atoms with Crippen molar-refractivity contribution in [3.63, 3.8) is 0 Å². The van der Waals surface area contributed by atoms with Crippen LogP contribution in [0.5, 0.6) is 5.75 Å². The summed E-state index contributed by atoms with van der Waals surface area (Å²) in [5.74, 6) is 0.320. The van der Waals surface area contributed by atoms with E-state index in [1.54, 1.807) is 6.07 Å². The van der Waals surface area contributed by atoms with Gasteiger partial charge in [0, 0.05) is 18.2 Å².